The van der Waals surface area contributed by atoms with E-state index in [4.69, 9.17) is 0 Å². The number of amides is 1. The van der Waals surface area contributed by atoms with Gasteiger partial charge < -0.3 is 4.90 Å². The zero-order valence-corrected chi connectivity index (χ0v) is 14.3. The molecule has 1 aliphatic heterocycles. The van der Waals surface area contributed by atoms with Gasteiger partial charge in [0.1, 0.15) is 0 Å². The molecule has 22 heavy (non-hydrogen) atoms. The van der Waals surface area contributed by atoms with Crippen molar-refractivity contribution in [1.82, 2.24) is 9.21 Å². The Morgan fingerprint density at radius 1 is 1.09 bits per heavy atom. The molecule has 1 aromatic rings. The Morgan fingerprint density at radius 3 is 2.09 bits per heavy atom. The molecule has 0 spiro atoms. The summed E-state index contributed by atoms with van der Waals surface area (Å²) in [5.74, 6) is 0.539. The molecular weight excluding hydrogens is 300 g/mol. The number of rotatable bonds is 4. The predicted molar refractivity (Wildman–Crippen MR) is 86.0 cm³/mol. The van der Waals surface area contributed by atoms with E-state index < -0.39 is 10.0 Å². The fraction of sp³-hybridized carbons (Fsp3) is 0.562. The monoisotopic (exact) mass is 324 g/mol. The fourth-order valence-corrected chi connectivity index (χ4v) is 4.08. The number of hydrogen-bond donors (Lipinski definition) is 0. The van der Waals surface area contributed by atoms with Crippen molar-refractivity contribution in [3.63, 3.8) is 0 Å². The molecule has 0 N–H and O–H groups in total. The number of piperazine rings is 1. The lowest BCUT2D eigenvalue weighted by Gasteiger charge is -2.33. The van der Waals surface area contributed by atoms with E-state index in [9.17, 15) is 13.2 Å². The van der Waals surface area contributed by atoms with Crippen LogP contribution in [0.2, 0.25) is 0 Å². The lowest BCUT2D eigenvalue weighted by atomic mass is 10.0. The second-order valence-electron chi connectivity index (χ2n) is 6.15. The van der Waals surface area contributed by atoms with Crippen LogP contribution in [0.1, 0.15) is 26.3 Å². The Labute approximate surface area is 133 Å². The average Bonchev–Trinajstić information content (AvgIpc) is 2.47. The van der Waals surface area contributed by atoms with Crippen LogP contribution in [-0.2, 0) is 21.2 Å². The van der Waals surface area contributed by atoms with Gasteiger partial charge >= 0.3 is 0 Å². The van der Waals surface area contributed by atoms with Crippen LogP contribution < -0.4 is 0 Å². The maximum Gasteiger partial charge on any atom is 0.243 e. The van der Waals surface area contributed by atoms with Crippen LogP contribution in [0.25, 0.3) is 0 Å². The quantitative estimate of drug-likeness (QED) is 0.847. The Hall–Kier alpha value is -1.40. The number of hydrogen-bond acceptors (Lipinski definition) is 3. The summed E-state index contributed by atoms with van der Waals surface area (Å²) in [6.45, 7) is 7.42. The SMILES string of the molecule is CC(=O)N1CCN(S(=O)(=O)c2ccc(CC(C)C)cc2)CC1. The minimum absolute atomic E-state index is 0.00455. The van der Waals surface area contributed by atoms with Crippen LogP contribution in [0.3, 0.4) is 0 Å². The standard InChI is InChI=1S/C16H24N2O3S/c1-13(2)12-15-4-6-16(7-5-15)22(20,21)18-10-8-17(9-11-18)14(3)19/h4-7,13H,8-12H2,1-3H3. The number of benzene rings is 1. The second-order valence-corrected chi connectivity index (χ2v) is 8.09. The molecule has 0 aromatic heterocycles. The molecule has 0 atom stereocenters. The van der Waals surface area contributed by atoms with Crippen LogP contribution in [0.15, 0.2) is 29.2 Å². The van der Waals surface area contributed by atoms with Gasteiger partial charge in [-0.25, -0.2) is 8.42 Å². The van der Waals surface area contributed by atoms with Crippen LogP contribution in [-0.4, -0.2) is 49.7 Å². The number of nitrogens with zero attached hydrogens (tertiary/aromatic N) is 2. The van der Waals surface area contributed by atoms with Gasteiger partial charge in [0, 0.05) is 33.1 Å². The van der Waals surface area contributed by atoms with E-state index >= 15 is 0 Å². The van der Waals surface area contributed by atoms with E-state index in [0.717, 1.165) is 12.0 Å². The van der Waals surface area contributed by atoms with E-state index in [2.05, 4.69) is 13.8 Å². The maximum atomic E-state index is 12.6. The smallest absolute Gasteiger partial charge is 0.243 e. The molecule has 1 saturated heterocycles. The summed E-state index contributed by atoms with van der Waals surface area (Å²) in [7, 11) is -3.46. The van der Waals surface area contributed by atoms with Crippen molar-refractivity contribution in [1.29, 1.82) is 0 Å². The first-order valence-electron chi connectivity index (χ1n) is 7.65. The molecular formula is C16H24N2O3S. The molecule has 1 amide bonds. The van der Waals surface area contributed by atoms with E-state index in [1.165, 1.54) is 11.2 Å². The summed E-state index contributed by atoms with van der Waals surface area (Å²) in [5.41, 5.74) is 1.15. The summed E-state index contributed by atoms with van der Waals surface area (Å²) >= 11 is 0. The third kappa shape index (κ3) is 3.87. The summed E-state index contributed by atoms with van der Waals surface area (Å²) < 4.78 is 26.7. The highest BCUT2D eigenvalue weighted by molar-refractivity contribution is 7.89. The molecule has 0 aliphatic carbocycles. The van der Waals surface area contributed by atoms with Crippen molar-refractivity contribution in [3.8, 4) is 0 Å². The highest BCUT2D eigenvalue weighted by atomic mass is 32.2. The van der Waals surface area contributed by atoms with Gasteiger partial charge in [0.15, 0.2) is 0 Å². The molecule has 0 unspecified atom stereocenters. The zero-order chi connectivity index (χ0) is 16.3. The molecule has 1 aliphatic rings. The van der Waals surface area contributed by atoms with Gasteiger partial charge in [-0.3, -0.25) is 4.79 Å². The van der Waals surface area contributed by atoms with Gasteiger partial charge in [0.05, 0.1) is 4.90 Å². The maximum absolute atomic E-state index is 12.6. The Balaban J connectivity index is 2.09. The van der Waals surface area contributed by atoms with Crippen molar-refractivity contribution in [2.45, 2.75) is 32.1 Å². The summed E-state index contributed by atoms with van der Waals surface area (Å²) in [4.78, 5) is 13.3. The van der Waals surface area contributed by atoms with Crippen molar-refractivity contribution >= 4 is 15.9 Å². The number of carbonyl (C=O) groups is 1. The van der Waals surface area contributed by atoms with Crippen LogP contribution in [0.5, 0.6) is 0 Å². The molecule has 6 heteroatoms. The highest BCUT2D eigenvalue weighted by Gasteiger charge is 2.29. The first kappa shape index (κ1) is 17.0. The Morgan fingerprint density at radius 2 is 1.64 bits per heavy atom. The highest BCUT2D eigenvalue weighted by Crippen LogP contribution is 2.19. The van der Waals surface area contributed by atoms with Crippen LogP contribution in [0.4, 0.5) is 0 Å². The van der Waals surface area contributed by atoms with Crippen LogP contribution in [0, 0.1) is 5.92 Å². The molecule has 1 aromatic carbocycles. The molecule has 1 fully saturated rings. The van der Waals surface area contributed by atoms with Crippen molar-refractivity contribution in [2.75, 3.05) is 26.2 Å². The number of sulfonamides is 1. The predicted octanol–water partition coefficient (Wildman–Crippen LogP) is 1.74. The normalized spacial score (nSPS) is 17.0. The lowest BCUT2D eigenvalue weighted by molar-refractivity contribution is -0.129. The molecule has 0 bridgehead atoms. The van der Waals surface area contributed by atoms with Gasteiger partial charge in [-0.15, -0.1) is 0 Å². The third-order valence-electron chi connectivity index (χ3n) is 3.89. The van der Waals surface area contributed by atoms with Gasteiger partial charge in [-0.1, -0.05) is 26.0 Å². The molecule has 122 valence electrons. The van der Waals surface area contributed by atoms with Crippen molar-refractivity contribution in [2.24, 2.45) is 5.92 Å². The summed E-state index contributed by atoms with van der Waals surface area (Å²) in [6.07, 6.45) is 0.942. The van der Waals surface area contributed by atoms with Crippen molar-refractivity contribution in [3.05, 3.63) is 29.8 Å². The van der Waals surface area contributed by atoms with Gasteiger partial charge in [-0.2, -0.15) is 4.31 Å². The minimum Gasteiger partial charge on any atom is -0.340 e. The largest absolute Gasteiger partial charge is 0.340 e. The summed E-state index contributed by atoms with van der Waals surface area (Å²) in [5, 5.41) is 0. The van der Waals surface area contributed by atoms with Gasteiger partial charge in [-0.05, 0) is 30.0 Å². The van der Waals surface area contributed by atoms with Gasteiger partial charge in [0.25, 0.3) is 0 Å². The minimum atomic E-state index is -3.46. The Kier molecular flexibility index (Phi) is 5.24. The fourth-order valence-electron chi connectivity index (χ4n) is 2.66. The molecule has 0 saturated carbocycles. The van der Waals surface area contributed by atoms with E-state index in [-0.39, 0.29) is 5.91 Å². The first-order valence-corrected chi connectivity index (χ1v) is 9.09. The average molecular weight is 324 g/mol. The zero-order valence-electron chi connectivity index (χ0n) is 13.4. The molecule has 2 rings (SSSR count). The van der Waals surface area contributed by atoms with E-state index in [1.807, 2.05) is 12.1 Å². The Bertz CT molecular complexity index is 615. The van der Waals surface area contributed by atoms with Crippen LogP contribution >= 0.6 is 0 Å². The first-order chi connectivity index (χ1) is 10.3. The van der Waals surface area contributed by atoms with Gasteiger partial charge in [0.2, 0.25) is 15.9 Å². The topological polar surface area (TPSA) is 57.7 Å². The third-order valence-corrected chi connectivity index (χ3v) is 5.80. The van der Waals surface area contributed by atoms with Crippen molar-refractivity contribution < 1.29 is 13.2 Å². The molecule has 5 nitrogen and oxygen atoms in total. The second kappa shape index (κ2) is 6.79. The molecule has 0 radical (unpaired) electrons. The summed E-state index contributed by atoms with van der Waals surface area (Å²) in [6, 6.07) is 7.15. The van der Waals surface area contributed by atoms with E-state index in [1.54, 1.807) is 17.0 Å². The van der Waals surface area contributed by atoms with E-state index in [0.29, 0.717) is 37.0 Å². The lowest BCUT2D eigenvalue weighted by Crippen LogP contribution is -2.49. The molecule has 1 heterocycles. The number of carbonyl (C=O) groups excluding carboxylic acids is 1.